The van der Waals surface area contributed by atoms with E-state index < -0.39 is 7.14 Å². The molecule has 0 bridgehead atoms. The molecular weight excluding hydrogens is 212 g/mol. The molecule has 0 N–H and O–H groups in total. The average molecular weight is 226 g/mol. The third-order valence-electron chi connectivity index (χ3n) is 2.72. The maximum atomic E-state index is 12.7. The van der Waals surface area contributed by atoms with Gasteiger partial charge in [0.15, 0.2) is 0 Å². The van der Waals surface area contributed by atoms with E-state index in [4.69, 9.17) is 0 Å². The molecule has 1 aromatic rings. The molecule has 1 aliphatic heterocycles. The highest BCUT2D eigenvalue weighted by Crippen LogP contribution is 2.49. The largest absolute Gasteiger partial charge is 0.323 e. The van der Waals surface area contributed by atoms with Crippen molar-refractivity contribution in [1.82, 2.24) is 5.32 Å². The highest BCUT2D eigenvalue weighted by Gasteiger charge is 2.25. The summed E-state index contributed by atoms with van der Waals surface area (Å²) in [4.78, 5) is 0. The van der Waals surface area contributed by atoms with Crippen molar-refractivity contribution in [2.45, 2.75) is 6.16 Å². The summed E-state index contributed by atoms with van der Waals surface area (Å²) in [5.41, 5.74) is 0.974. The van der Waals surface area contributed by atoms with Crippen molar-refractivity contribution in [3.8, 4) is 0 Å². The van der Waals surface area contributed by atoms with E-state index in [2.05, 4.69) is 5.32 Å². The quantitative estimate of drug-likeness (QED) is 0.712. The predicted octanol–water partition coefficient (Wildman–Crippen LogP) is 2.31. The Bertz CT molecular complexity index is 367. The van der Waals surface area contributed by atoms with Crippen LogP contribution in [0.2, 0.25) is 0 Å². The zero-order valence-electron chi connectivity index (χ0n) is 8.53. The zero-order chi connectivity index (χ0) is 10.7. The minimum Gasteiger partial charge on any atom is -0.323 e. The topological polar surface area (TPSA) is 31.2 Å². The van der Waals surface area contributed by atoms with E-state index in [1.54, 1.807) is 12.1 Å². The summed E-state index contributed by atoms with van der Waals surface area (Å²) in [6.07, 6.45) is 2.03. The van der Waals surface area contributed by atoms with Gasteiger partial charge in [-0.1, -0.05) is 12.1 Å². The van der Waals surface area contributed by atoms with Crippen LogP contribution in [0.3, 0.4) is 0 Å². The van der Waals surface area contributed by atoms with E-state index in [0.29, 0.717) is 18.5 Å². The van der Waals surface area contributed by atoms with E-state index in [-0.39, 0.29) is 5.82 Å². The van der Waals surface area contributed by atoms with Gasteiger partial charge in [-0.25, -0.2) is 9.71 Å². The van der Waals surface area contributed by atoms with E-state index >= 15 is 0 Å². The number of benzene rings is 1. The summed E-state index contributed by atoms with van der Waals surface area (Å²) < 4.78 is 25.0. The van der Waals surface area contributed by atoms with Crippen LogP contribution in [0.15, 0.2) is 24.3 Å². The molecule has 0 atom stereocenters. The van der Waals surface area contributed by atoms with Crippen LogP contribution in [0.25, 0.3) is 0 Å². The van der Waals surface area contributed by atoms with Crippen molar-refractivity contribution < 1.29 is 8.96 Å². The van der Waals surface area contributed by atoms with Gasteiger partial charge in [0, 0.05) is 31.6 Å². The van der Waals surface area contributed by atoms with Gasteiger partial charge in [-0.2, -0.15) is 0 Å². The van der Waals surface area contributed by atoms with Crippen LogP contribution < -0.4 is 5.32 Å². The molecule has 0 aromatic heterocycles. The molecule has 0 aliphatic carbocycles. The van der Waals surface area contributed by atoms with Crippen LogP contribution in [-0.4, -0.2) is 25.4 Å². The van der Waals surface area contributed by atoms with Crippen molar-refractivity contribution in [3.63, 3.8) is 0 Å². The monoisotopic (exact) mass is 226 g/mol. The molecule has 1 aliphatic rings. The first-order valence-electron chi connectivity index (χ1n) is 5.13. The fourth-order valence-electron chi connectivity index (χ4n) is 1.81. The lowest BCUT2D eigenvalue weighted by Gasteiger charge is -2.22. The standard InChI is InChI=1S/C11H14FNOP/c12-11-3-1-10(2-4-11)9-15(14)7-5-13-6-8-15/h1-4H,5-9H2. The maximum Gasteiger partial charge on any atom is 0.123 e. The maximum absolute atomic E-state index is 12.7. The summed E-state index contributed by atoms with van der Waals surface area (Å²) in [6, 6.07) is 6.30. The van der Waals surface area contributed by atoms with E-state index in [1.807, 2.05) is 0 Å². The van der Waals surface area contributed by atoms with Gasteiger partial charge in [-0.3, -0.25) is 0 Å². The van der Waals surface area contributed by atoms with Crippen LogP contribution >= 0.6 is 7.14 Å². The lowest BCUT2D eigenvalue weighted by Crippen LogP contribution is -2.23. The van der Waals surface area contributed by atoms with Gasteiger partial charge in [-0.05, 0) is 17.7 Å². The summed E-state index contributed by atoms with van der Waals surface area (Å²) in [7, 11) is -2.07. The fourth-order valence-corrected chi connectivity index (χ4v) is 4.24. The molecule has 0 spiro atoms. The molecule has 1 radical (unpaired) electrons. The van der Waals surface area contributed by atoms with Gasteiger partial charge < -0.3 is 4.57 Å². The number of rotatable bonds is 2. The second kappa shape index (κ2) is 4.46. The van der Waals surface area contributed by atoms with Gasteiger partial charge in [-0.15, -0.1) is 0 Å². The normalized spacial score (nSPS) is 20.1. The number of hydrogen-bond acceptors (Lipinski definition) is 1. The highest BCUT2D eigenvalue weighted by atomic mass is 31.2. The number of nitrogens with zero attached hydrogens (tertiary/aromatic N) is 1. The van der Waals surface area contributed by atoms with Crippen molar-refractivity contribution in [2.24, 2.45) is 0 Å². The molecule has 1 fully saturated rings. The van der Waals surface area contributed by atoms with Gasteiger partial charge in [0.2, 0.25) is 0 Å². The Kier molecular flexibility index (Phi) is 3.22. The van der Waals surface area contributed by atoms with Crippen molar-refractivity contribution in [2.75, 3.05) is 25.4 Å². The molecule has 2 nitrogen and oxygen atoms in total. The molecule has 0 saturated carbocycles. The van der Waals surface area contributed by atoms with Gasteiger partial charge in [0.25, 0.3) is 0 Å². The Morgan fingerprint density at radius 3 is 2.40 bits per heavy atom. The molecule has 0 unspecified atom stereocenters. The van der Waals surface area contributed by atoms with Crippen LogP contribution in [0.1, 0.15) is 5.56 Å². The van der Waals surface area contributed by atoms with Crippen LogP contribution in [-0.2, 0) is 10.7 Å². The number of hydrogen-bond donors (Lipinski definition) is 0. The second-order valence-electron chi connectivity index (χ2n) is 3.96. The van der Waals surface area contributed by atoms with Gasteiger partial charge in [0.1, 0.15) is 5.82 Å². The Balaban J connectivity index is 2.07. The summed E-state index contributed by atoms with van der Waals surface area (Å²) in [5, 5.41) is 4.20. The SMILES string of the molecule is O=P1(Cc2ccc(F)cc2)CC[N]CC1. The average Bonchev–Trinajstić information content (AvgIpc) is 2.22. The summed E-state index contributed by atoms with van der Waals surface area (Å²) in [6.45, 7) is 1.44. The van der Waals surface area contributed by atoms with Crippen LogP contribution in [0, 0.1) is 5.82 Å². The predicted molar refractivity (Wildman–Crippen MR) is 59.3 cm³/mol. The van der Waals surface area contributed by atoms with E-state index in [9.17, 15) is 8.96 Å². The van der Waals surface area contributed by atoms with Crippen molar-refractivity contribution in [3.05, 3.63) is 35.6 Å². The van der Waals surface area contributed by atoms with Crippen LogP contribution in [0.4, 0.5) is 4.39 Å². The van der Waals surface area contributed by atoms with Crippen molar-refractivity contribution >= 4 is 7.14 Å². The van der Waals surface area contributed by atoms with Gasteiger partial charge >= 0.3 is 0 Å². The highest BCUT2D eigenvalue weighted by molar-refractivity contribution is 7.63. The molecule has 1 aromatic carbocycles. The molecule has 4 heteroatoms. The van der Waals surface area contributed by atoms with E-state index in [0.717, 1.165) is 18.7 Å². The first kappa shape index (κ1) is 10.8. The molecule has 2 rings (SSSR count). The lowest BCUT2D eigenvalue weighted by atomic mass is 10.2. The molecule has 1 heterocycles. The summed E-state index contributed by atoms with van der Waals surface area (Å²) in [5.74, 6) is -0.240. The third kappa shape index (κ3) is 2.90. The Morgan fingerprint density at radius 1 is 1.20 bits per heavy atom. The minimum atomic E-state index is -2.07. The molecular formula is C11H14FNOP. The molecule has 1 saturated heterocycles. The van der Waals surface area contributed by atoms with Crippen molar-refractivity contribution in [1.29, 1.82) is 0 Å². The lowest BCUT2D eigenvalue weighted by molar-refractivity contribution is 0.559. The fraction of sp³-hybridized carbons (Fsp3) is 0.455. The Morgan fingerprint density at radius 2 is 1.80 bits per heavy atom. The van der Waals surface area contributed by atoms with E-state index in [1.165, 1.54) is 12.1 Å². The summed E-state index contributed by atoms with van der Waals surface area (Å²) >= 11 is 0. The molecule has 81 valence electrons. The second-order valence-corrected chi connectivity index (χ2v) is 7.29. The Labute approximate surface area is 89.3 Å². The smallest absolute Gasteiger partial charge is 0.123 e. The zero-order valence-corrected chi connectivity index (χ0v) is 9.42. The molecule has 15 heavy (non-hydrogen) atoms. The number of halogens is 1. The first-order valence-corrected chi connectivity index (χ1v) is 7.39. The van der Waals surface area contributed by atoms with Gasteiger partial charge in [0.05, 0.1) is 7.14 Å². The third-order valence-corrected chi connectivity index (χ3v) is 5.69. The molecule has 0 amide bonds. The minimum absolute atomic E-state index is 0.240. The Hall–Kier alpha value is -0.660. The first-order chi connectivity index (χ1) is 7.18. The van der Waals surface area contributed by atoms with Crippen LogP contribution in [0.5, 0.6) is 0 Å².